The van der Waals surface area contributed by atoms with E-state index < -0.39 is 0 Å². The number of rotatable bonds is 5. The van der Waals surface area contributed by atoms with Gasteiger partial charge in [0.05, 0.1) is 0 Å². The maximum Gasteiger partial charge on any atom is -0.00258 e. The molecule has 0 atom stereocenters. The van der Waals surface area contributed by atoms with E-state index in [0.29, 0.717) is 0 Å². The van der Waals surface area contributed by atoms with Crippen LogP contribution in [0.1, 0.15) is 20.3 Å². The molecule has 2 heteroatoms. The van der Waals surface area contributed by atoms with E-state index in [2.05, 4.69) is 31.8 Å². The predicted octanol–water partition coefficient (Wildman–Crippen LogP) is 1.55. The zero-order valence-corrected chi connectivity index (χ0v) is 7.25. The maximum atomic E-state index is 4.11. The van der Waals surface area contributed by atoms with Crippen LogP contribution in [-0.2, 0) is 0 Å². The Hall–Kier alpha value is 0.310. The number of hydrogen-bond acceptors (Lipinski definition) is 2. The van der Waals surface area contributed by atoms with Crippen LogP contribution >= 0.6 is 12.6 Å². The number of nitrogens with one attached hydrogen (secondary N) is 1. The van der Waals surface area contributed by atoms with Gasteiger partial charge in [-0.3, -0.25) is 0 Å². The van der Waals surface area contributed by atoms with Crippen LogP contribution < -0.4 is 5.32 Å². The lowest BCUT2D eigenvalue weighted by Crippen LogP contribution is -2.20. The molecule has 0 spiro atoms. The summed E-state index contributed by atoms with van der Waals surface area (Å²) >= 11 is 4.11. The molecule has 0 aromatic carbocycles. The normalized spacial score (nSPS) is 10.7. The molecule has 0 aliphatic heterocycles. The first-order valence-electron chi connectivity index (χ1n) is 3.59. The summed E-state index contributed by atoms with van der Waals surface area (Å²) in [5.74, 6) is 1.76. The number of hydrogen-bond donors (Lipinski definition) is 2. The molecule has 0 aliphatic carbocycles. The molecule has 0 saturated heterocycles. The second kappa shape index (κ2) is 6.43. The van der Waals surface area contributed by atoms with Crippen LogP contribution in [0.25, 0.3) is 0 Å². The van der Waals surface area contributed by atoms with Gasteiger partial charge < -0.3 is 5.32 Å². The first-order valence-corrected chi connectivity index (χ1v) is 4.22. The molecule has 0 aromatic rings. The molecular formula is C7H17NS. The molecule has 1 N–H and O–H groups in total. The van der Waals surface area contributed by atoms with Gasteiger partial charge in [0.15, 0.2) is 0 Å². The lowest BCUT2D eigenvalue weighted by atomic mass is 10.2. The van der Waals surface area contributed by atoms with Gasteiger partial charge in [-0.05, 0) is 31.2 Å². The highest BCUT2D eigenvalue weighted by molar-refractivity contribution is 7.80. The van der Waals surface area contributed by atoms with Crippen molar-refractivity contribution in [3.05, 3.63) is 0 Å². The van der Waals surface area contributed by atoms with E-state index in [4.69, 9.17) is 0 Å². The summed E-state index contributed by atoms with van der Waals surface area (Å²) in [6.07, 6.45) is 1.18. The summed E-state index contributed by atoms with van der Waals surface area (Å²) < 4.78 is 0. The van der Waals surface area contributed by atoms with Crippen LogP contribution in [0.4, 0.5) is 0 Å². The van der Waals surface area contributed by atoms with E-state index >= 15 is 0 Å². The van der Waals surface area contributed by atoms with Crippen molar-refractivity contribution in [1.82, 2.24) is 5.32 Å². The first kappa shape index (κ1) is 9.31. The van der Waals surface area contributed by atoms with Crippen molar-refractivity contribution in [2.24, 2.45) is 5.92 Å². The summed E-state index contributed by atoms with van der Waals surface area (Å²) in [6.45, 7) is 6.68. The lowest BCUT2D eigenvalue weighted by Gasteiger charge is -2.04. The molecule has 0 heterocycles. The molecule has 0 unspecified atom stereocenters. The third kappa shape index (κ3) is 8.31. The first-order chi connectivity index (χ1) is 4.27. The van der Waals surface area contributed by atoms with Gasteiger partial charge in [0.2, 0.25) is 0 Å². The molecule has 0 radical (unpaired) electrons. The molecule has 0 fully saturated rings. The van der Waals surface area contributed by atoms with E-state index in [9.17, 15) is 0 Å². The highest BCUT2D eigenvalue weighted by Gasteiger charge is 1.90. The predicted molar refractivity (Wildman–Crippen MR) is 46.2 cm³/mol. The molecule has 1 nitrogen and oxygen atoms in total. The largest absolute Gasteiger partial charge is 0.316 e. The second-order valence-electron chi connectivity index (χ2n) is 2.68. The van der Waals surface area contributed by atoms with Gasteiger partial charge in [0, 0.05) is 0 Å². The molecule has 56 valence electrons. The van der Waals surface area contributed by atoms with Gasteiger partial charge >= 0.3 is 0 Å². The standard InChI is InChI=1S/C7H17NS/c1-7(2)6-8-4-3-5-9/h7-9H,3-6H2,1-2H3. The number of thiol groups is 1. The highest BCUT2D eigenvalue weighted by atomic mass is 32.1. The summed E-state index contributed by atoms with van der Waals surface area (Å²) in [5, 5.41) is 3.34. The third-order valence-corrected chi connectivity index (χ3v) is 1.38. The van der Waals surface area contributed by atoms with Crippen LogP contribution in [0.3, 0.4) is 0 Å². The smallest absolute Gasteiger partial charge is 0.00258 e. The Labute approximate surface area is 63.6 Å². The zero-order chi connectivity index (χ0) is 7.11. The Kier molecular flexibility index (Phi) is 6.65. The highest BCUT2D eigenvalue weighted by Crippen LogP contribution is 1.87. The molecule has 0 amide bonds. The second-order valence-corrected chi connectivity index (χ2v) is 3.12. The van der Waals surface area contributed by atoms with E-state index in [1.54, 1.807) is 0 Å². The Bertz CT molecular complexity index is 54.9. The van der Waals surface area contributed by atoms with Crippen LogP contribution in [0, 0.1) is 5.92 Å². The summed E-state index contributed by atoms with van der Waals surface area (Å²) in [7, 11) is 0. The fraction of sp³-hybridized carbons (Fsp3) is 1.00. The van der Waals surface area contributed by atoms with E-state index in [1.165, 1.54) is 6.42 Å². The van der Waals surface area contributed by atoms with E-state index in [1.807, 2.05) is 0 Å². The topological polar surface area (TPSA) is 12.0 Å². The van der Waals surface area contributed by atoms with Gasteiger partial charge in [0.1, 0.15) is 0 Å². The minimum atomic E-state index is 0.768. The molecular weight excluding hydrogens is 130 g/mol. The molecule has 0 saturated carbocycles. The SMILES string of the molecule is CC(C)CNCCCS. The minimum absolute atomic E-state index is 0.768. The Morgan fingerprint density at radius 3 is 2.56 bits per heavy atom. The van der Waals surface area contributed by atoms with Gasteiger partial charge in [-0.2, -0.15) is 12.6 Å². The molecule has 9 heavy (non-hydrogen) atoms. The monoisotopic (exact) mass is 147 g/mol. The van der Waals surface area contributed by atoms with Crippen molar-refractivity contribution < 1.29 is 0 Å². The Morgan fingerprint density at radius 2 is 2.11 bits per heavy atom. The van der Waals surface area contributed by atoms with Crippen molar-refractivity contribution >= 4 is 12.6 Å². The van der Waals surface area contributed by atoms with Crippen LogP contribution in [0.5, 0.6) is 0 Å². The van der Waals surface area contributed by atoms with Gasteiger partial charge in [0.25, 0.3) is 0 Å². The van der Waals surface area contributed by atoms with Crippen LogP contribution in [0.2, 0.25) is 0 Å². The van der Waals surface area contributed by atoms with Gasteiger partial charge in [-0.25, -0.2) is 0 Å². The van der Waals surface area contributed by atoms with Gasteiger partial charge in [-0.15, -0.1) is 0 Å². The van der Waals surface area contributed by atoms with Crippen LogP contribution in [0.15, 0.2) is 0 Å². The van der Waals surface area contributed by atoms with Crippen molar-refractivity contribution in [3.8, 4) is 0 Å². The van der Waals surface area contributed by atoms with Crippen molar-refractivity contribution in [1.29, 1.82) is 0 Å². The fourth-order valence-corrected chi connectivity index (χ4v) is 0.753. The maximum absolute atomic E-state index is 4.11. The van der Waals surface area contributed by atoms with E-state index in [0.717, 1.165) is 24.8 Å². The minimum Gasteiger partial charge on any atom is -0.316 e. The van der Waals surface area contributed by atoms with E-state index in [-0.39, 0.29) is 0 Å². The molecule has 0 bridgehead atoms. The average Bonchev–Trinajstić information content (AvgIpc) is 1.80. The fourth-order valence-electron chi connectivity index (χ4n) is 0.595. The molecule has 0 rings (SSSR count). The molecule has 0 aliphatic rings. The Balaban J connectivity index is 2.75. The lowest BCUT2D eigenvalue weighted by molar-refractivity contribution is 0.552. The third-order valence-electron chi connectivity index (χ3n) is 1.06. The zero-order valence-electron chi connectivity index (χ0n) is 6.35. The average molecular weight is 147 g/mol. The summed E-state index contributed by atoms with van der Waals surface area (Å²) in [6, 6.07) is 0. The molecule has 0 aromatic heterocycles. The summed E-state index contributed by atoms with van der Waals surface area (Å²) in [4.78, 5) is 0. The van der Waals surface area contributed by atoms with Gasteiger partial charge in [-0.1, -0.05) is 13.8 Å². The van der Waals surface area contributed by atoms with Crippen molar-refractivity contribution in [2.45, 2.75) is 20.3 Å². The Morgan fingerprint density at radius 1 is 1.44 bits per heavy atom. The quantitative estimate of drug-likeness (QED) is 0.444. The van der Waals surface area contributed by atoms with Crippen LogP contribution in [-0.4, -0.2) is 18.8 Å². The van der Waals surface area contributed by atoms with Crippen molar-refractivity contribution in [3.63, 3.8) is 0 Å². The van der Waals surface area contributed by atoms with Crippen molar-refractivity contribution in [2.75, 3.05) is 18.8 Å². The summed E-state index contributed by atoms with van der Waals surface area (Å²) in [5.41, 5.74) is 0.